The second-order valence-electron chi connectivity index (χ2n) is 8.00. The van der Waals surface area contributed by atoms with Crippen LogP contribution in [-0.4, -0.2) is 60.2 Å². The Hall–Kier alpha value is -2.08. The van der Waals surface area contributed by atoms with Gasteiger partial charge in [0.1, 0.15) is 5.82 Å². The zero-order valence-corrected chi connectivity index (χ0v) is 17.7. The quantitative estimate of drug-likeness (QED) is 0.417. The van der Waals surface area contributed by atoms with Crippen LogP contribution in [0.4, 0.5) is 0 Å². The van der Waals surface area contributed by atoms with Gasteiger partial charge in [0.25, 0.3) is 0 Å². The molecular formula is C22H36N6. The Kier molecular flexibility index (Phi) is 7.71. The molecule has 0 spiro atoms. The highest BCUT2D eigenvalue weighted by molar-refractivity contribution is 5.79. The number of imidazole rings is 1. The largest absolute Gasteiger partial charge is 0.356 e. The zero-order chi connectivity index (χ0) is 19.8. The lowest BCUT2D eigenvalue weighted by Crippen LogP contribution is -2.42. The number of benzene rings is 1. The molecular weight excluding hydrogens is 348 g/mol. The summed E-state index contributed by atoms with van der Waals surface area (Å²) in [7, 11) is 1.85. The molecule has 1 unspecified atom stereocenters. The number of aryl methyl sites for hydroxylation is 2. The number of likely N-dealkylation sites (tertiary alicyclic amines) is 1. The third kappa shape index (κ3) is 5.71. The van der Waals surface area contributed by atoms with E-state index in [2.05, 4.69) is 62.1 Å². The number of aromatic nitrogens is 2. The first-order valence-corrected chi connectivity index (χ1v) is 10.8. The van der Waals surface area contributed by atoms with Crippen molar-refractivity contribution in [2.24, 2.45) is 10.9 Å². The summed E-state index contributed by atoms with van der Waals surface area (Å²) < 4.78 is 2.30. The molecule has 1 saturated heterocycles. The summed E-state index contributed by atoms with van der Waals surface area (Å²) in [5, 5.41) is 6.94. The molecule has 0 amide bonds. The Balaban J connectivity index is 1.37. The van der Waals surface area contributed by atoms with Crippen LogP contribution in [0.25, 0.3) is 11.0 Å². The number of fused-ring (bicyclic) bond motifs is 1. The summed E-state index contributed by atoms with van der Waals surface area (Å²) in [5.74, 6) is 2.60. The Morgan fingerprint density at radius 2 is 1.96 bits per heavy atom. The summed E-state index contributed by atoms with van der Waals surface area (Å²) in [4.78, 5) is 11.6. The fourth-order valence-corrected chi connectivity index (χ4v) is 4.06. The van der Waals surface area contributed by atoms with Gasteiger partial charge in [0.05, 0.1) is 11.0 Å². The van der Waals surface area contributed by atoms with E-state index in [-0.39, 0.29) is 0 Å². The van der Waals surface area contributed by atoms with Gasteiger partial charge in [0.15, 0.2) is 5.96 Å². The number of nitrogens with zero attached hydrogens (tertiary/aromatic N) is 4. The average Bonchev–Trinajstić information content (AvgIpc) is 3.03. The van der Waals surface area contributed by atoms with E-state index in [1.54, 1.807) is 0 Å². The highest BCUT2D eigenvalue weighted by atomic mass is 15.2. The van der Waals surface area contributed by atoms with Crippen molar-refractivity contribution in [2.45, 2.75) is 46.1 Å². The lowest BCUT2D eigenvalue weighted by molar-refractivity contribution is 0.201. The lowest BCUT2D eigenvalue weighted by atomic mass is 10.1. The summed E-state index contributed by atoms with van der Waals surface area (Å²) in [6.07, 6.45) is 5.14. The van der Waals surface area contributed by atoms with Crippen LogP contribution in [0.3, 0.4) is 0 Å². The van der Waals surface area contributed by atoms with Gasteiger partial charge in [0.2, 0.25) is 0 Å². The number of guanidine groups is 1. The van der Waals surface area contributed by atoms with E-state index in [0.717, 1.165) is 43.4 Å². The van der Waals surface area contributed by atoms with Crippen molar-refractivity contribution in [1.82, 2.24) is 25.1 Å². The molecule has 154 valence electrons. The second kappa shape index (κ2) is 10.5. The summed E-state index contributed by atoms with van der Waals surface area (Å²) in [5.41, 5.74) is 2.29. The van der Waals surface area contributed by atoms with E-state index >= 15 is 0 Å². The average molecular weight is 385 g/mol. The van der Waals surface area contributed by atoms with E-state index in [4.69, 9.17) is 0 Å². The summed E-state index contributed by atoms with van der Waals surface area (Å²) >= 11 is 0. The van der Waals surface area contributed by atoms with Gasteiger partial charge in [-0.1, -0.05) is 25.5 Å². The summed E-state index contributed by atoms with van der Waals surface area (Å²) in [6.45, 7) is 10.9. The molecule has 0 radical (unpaired) electrons. The van der Waals surface area contributed by atoms with Crippen molar-refractivity contribution in [3.05, 3.63) is 30.1 Å². The molecule has 6 nitrogen and oxygen atoms in total. The van der Waals surface area contributed by atoms with Crippen molar-refractivity contribution in [3.63, 3.8) is 0 Å². The van der Waals surface area contributed by atoms with Gasteiger partial charge < -0.3 is 20.1 Å². The first-order valence-electron chi connectivity index (χ1n) is 10.8. The first kappa shape index (κ1) is 20.6. The minimum Gasteiger partial charge on any atom is -0.356 e. The van der Waals surface area contributed by atoms with Crippen LogP contribution in [0.2, 0.25) is 0 Å². The number of para-hydroxylation sites is 2. The molecule has 0 saturated carbocycles. The van der Waals surface area contributed by atoms with E-state index in [9.17, 15) is 0 Å². The maximum atomic E-state index is 4.64. The molecule has 1 aromatic carbocycles. The van der Waals surface area contributed by atoms with Crippen molar-refractivity contribution >= 4 is 17.0 Å². The van der Waals surface area contributed by atoms with Gasteiger partial charge in [-0.3, -0.25) is 4.99 Å². The molecule has 6 heteroatoms. The molecule has 1 atom stereocenters. The van der Waals surface area contributed by atoms with Crippen LogP contribution in [0.15, 0.2) is 29.3 Å². The van der Waals surface area contributed by atoms with Crippen LogP contribution in [-0.2, 0) is 6.54 Å². The molecule has 1 aliphatic rings. The lowest BCUT2D eigenvalue weighted by Gasteiger charge is -2.29. The predicted molar refractivity (Wildman–Crippen MR) is 118 cm³/mol. The Morgan fingerprint density at radius 1 is 1.18 bits per heavy atom. The minimum absolute atomic E-state index is 0.622. The van der Waals surface area contributed by atoms with E-state index < -0.39 is 0 Å². The fourth-order valence-electron chi connectivity index (χ4n) is 4.06. The molecule has 3 rings (SSSR count). The monoisotopic (exact) mass is 384 g/mol. The number of piperidine rings is 1. The molecule has 2 aromatic rings. The SMILES string of the molecule is CN=C(NCCCn1c(C)nc2ccccc21)NCC(C)CN1CCCCC1. The molecule has 0 aliphatic carbocycles. The topological polar surface area (TPSA) is 57.5 Å². The zero-order valence-electron chi connectivity index (χ0n) is 17.7. The molecule has 1 aliphatic heterocycles. The maximum Gasteiger partial charge on any atom is 0.190 e. The van der Waals surface area contributed by atoms with Gasteiger partial charge >= 0.3 is 0 Å². The normalized spacial score (nSPS) is 17.0. The number of rotatable bonds is 8. The molecule has 0 bridgehead atoms. The van der Waals surface area contributed by atoms with Gasteiger partial charge in [-0.2, -0.15) is 0 Å². The molecule has 2 heterocycles. The van der Waals surface area contributed by atoms with Gasteiger partial charge in [-0.25, -0.2) is 4.98 Å². The minimum atomic E-state index is 0.622. The second-order valence-corrected chi connectivity index (χ2v) is 8.00. The molecule has 1 aromatic heterocycles. The van der Waals surface area contributed by atoms with Crippen LogP contribution in [0.5, 0.6) is 0 Å². The van der Waals surface area contributed by atoms with Crippen molar-refractivity contribution in [1.29, 1.82) is 0 Å². The highest BCUT2D eigenvalue weighted by Crippen LogP contribution is 2.15. The van der Waals surface area contributed by atoms with Crippen LogP contribution in [0, 0.1) is 12.8 Å². The number of nitrogens with one attached hydrogen (secondary N) is 2. The standard InChI is InChI=1S/C22H36N6/c1-18(17-27-13-7-4-8-14-27)16-25-22(23-3)24-12-9-15-28-19(2)26-20-10-5-6-11-21(20)28/h5-6,10-11,18H,4,7-9,12-17H2,1-3H3,(H2,23,24,25). The molecule has 2 N–H and O–H groups in total. The molecule has 1 fully saturated rings. The van der Waals surface area contributed by atoms with Crippen LogP contribution < -0.4 is 10.6 Å². The van der Waals surface area contributed by atoms with Gasteiger partial charge in [-0.05, 0) is 57.3 Å². The van der Waals surface area contributed by atoms with E-state index in [0.29, 0.717) is 5.92 Å². The Morgan fingerprint density at radius 3 is 2.75 bits per heavy atom. The fraction of sp³-hybridized carbons (Fsp3) is 0.636. The van der Waals surface area contributed by atoms with E-state index in [1.165, 1.54) is 44.4 Å². The number of hydrogen-bond donors (Lipinski definition) is 2. The smallest absolute Gasteiger partial charge is 0.190 e. The van der Waals surface area contributed by atoms with E-state index in [1.807, 2.05) is 13.1 Å². The Bertz CT molecular complexity index is 759. The van der Waals surface area contributed by atoms with Crippen molar-refractivity contribution in [3.8, 4) is 0 Å². The maximum absolute atomic E-state index is 4.64. The predicted octanol–water partition coefficient (Wildman–Crippen LogP) is 3.02. The van der Waals surface area contributed by atoms with Gasteiger partial charge in [0, 0.05) is 33.2 Å². The highest BCUT2D eigenvalue weighted by Gasteiger charge is 2.13. The van der Waals surface area contributed by atoms with Crippen LogP contribution >= 0.6 is 0 Å². The van der Waals surface area contributed by atoms with Crippen molar-refractivity contribution < 1.29 is 0 Å². The third-order valence-corrected chi connectivity index (χ3v) is 5.56. The Labute approximate surface area is 169 Å². The molecule has 28 heavy (non-hydrogen) atoms. The van der Waals surface area contributed by atoms with Crippen molar-refractivity contribution in [2.75, 3.05) is 39.8 Å². The van der Waals surface area contributed by atoms with Crippen LogP contribution in [0.1, 0.15) is 38.4 Å². The first-order chi connectivity index (χ1) is 13.7. The summed E-state index contributed by atoms with van der Waals surface area (Å²) in [6, 6.07) is 8.35. The number of hydrogen-bond acceptors (Lipinski definition) is 3. The van der Waals surface area contributed by atoms with Gasteiger partial charge in [-0.15, -0.1) is 0 Å². The third-order valence-electron chi connectivity index (χ3n) is 5.56. The number of aliphatic imine (C=N–C) groups is 1.